The Bertz CT molecular complexity index is 671. The van der Waals surface area contributed by atoms with Crippen molar-refractivity contribution in [1.29, 1.82) is 0 Å². The van der Waals surface area contributed by atoms with Gasteiger partial charge in [-0.15, -0.1) is 11.3 Å². The number of furan rings is 1. The van der Waals surface area contributed by atoms with Crippen LogP contribution >= 0.6 is 11.3 Å². The fourth-order valence-electron chi connectivity index (χ4n) is 2.07. The zero-order chi connectivity index (χ0) is 12.5. The molecule has 0 aliphatic carbocycles. The molecule has 0 aliphatic heterocycles. The average molecular weight is 259 g/mol. The van der Waals surface area contributed by atoms with E-state index in [-0.39, 0.29) is 0 Å². The van der Waals surface area contributed by atoms with Gasteiger partial charge in [0.15, 0.2) is 0 Å². The van der Waals surface area contributed by atoms with Crippen LogP contribution in [0.1, 0.15) is 22.4 Å². The molecule has 92 valence electrons. The number of aliphatic hydroxyl groups is 1. The summed E-state index contributed by atoms with van der Waals surface area (Å²) in [5, 5.41) is 14.3. The third kappa shape index (κ3) is 2.05. The molecule has 0 spiro atoms. The number of para-hydroxylation sites is 1. The van der Waals surface area contributed by atoms with Gasteiger partial charge >= 0.3 is 0 Å². The maximum absolute atomic E-state index is 10.3. The molecule has 3 nitrogen and oxygen atoms in total. The Morgan fingerprint density at radius 2 is 2.22 bits per heavy atom. The predicted octanol–water partition coefficient (Wildman–Crippen LogP) is 3.47. The normalized spacial score (nSPS) is 13.0. The Hall–Kier alpha value is -1.65. The van der Waals surface area contributed by atoms with Gasteiger partial charge < -0.3 is 9.52 Å². The molecular formula is C14H13NO2S. The van der Waals surface area contributed by atoms with E-state index in [1.807, 2.05) is 36.6 Å². The summed E-state index contributed by atoms with van der Waals surface area (Å²) in [6.07, 6.45) is 1.58. The summed E-state index contributed by atoms with van der Waals surface area (Å²) in [5.41, 5.74) is 2.56. The first-order valence-electron chi connectivity index (χ1n) is 5.79. The fraction of sp³-hybridized carbons (Fsp3) is 0.214. The summed E-state index contributed by atoms with van der Waals surface area (Å²) in [7, 11) is 0. The summed E-state index contributed by atoms with van der Waals surface area (Å²) < 4.78 is 5.44. The van der Waals surface area contributed by atoms with E-state index in [0.717, 1.165) is 27.2 Å². The second-order valence-corrected chi connectivity index (χ2v) is 5.33. The van der Waals surface area contributed by atoms with Crippen LogP contribution < -0.4 is 0 Å². The number of fused-ring (bicyclic) bond motifs is 1. The molecule has 3 rings (SSSR count). The zero-order valence-electron chi connectivity index (χ0n) is 9.96. The molecule has 0 amide bonds. The van der Waals surface area contributed by atoms with E-state index >= 15 is 0 Å². The van der Waals surface area contributed by atoms with Gasteiger partial charge in [-0.25, -0.2) is 4.98 Å². The van der Waals surface area contributed by atoms with E-state index in [0.29, 0.717) is 6.42 Å². The molecule has 18 heavy (non-hydrogen) atoms. The zero-order valence-corrected chi connectivity index (χ0v) is 10.8. The summed E-state index contributed by atoms with van der Waals surface area (Å²) in [6, 6.07) is 7.73. The van der Waals surface area contributed by atoms with Crippen molar-refractivity contribution >= 4 is 22.3 Å². The van der Waals surface area contributed by atoms with Crippen LogP contribution in [0.3, 0.4) is 0 Å². The molecule has 0 saturated heterocycles. The Labute approximate surface area is 109 Å². The Balaban J connectivity index is 1.90. The molecular weight excluding hydrogens is 246 g/mol. The monoisotopic (exact) mass is 259 g/mol. The summed E-state index contributed by atoms with van der Waals surface area (Å²) in [4.78, 5) is 4.37. The van der Waals surface area contributed by atoms with Crippen LogP contribution in [0.4, 0.5) is 0 Å². The molecule has 2 aromatic heterocycles. The minimum atomic E-state index is -0.574. The van der Waals surface area contributed by atoms with Gasteiger partial charge in [0.05, 0.1) is 23.1 Å². The van der Waals surface area contributed by atoms with Crippen molar-refractivity contribution in [1.82, 2.24) is 4.98 Å². The van der Waals surface area contributed by atoms with Crippen LogP contribution in [0.15, 0.2) is 40.3 Å². The van der Waals surface area contributed by atoms with Gasteiger partial charge in [0.1, 0.15) is 5.58 Å². The first-order valence-corrected chi connectivity index (χ1v) is 6.67. The van der Waals surface area contributed by atoms with E-state index in [1.54, 1.807) is 17.6 Å². The topological polar surface area (TPSA) is 46.3 Å². The fourth-order valence-corrected chi connectivity index (χ4v) is 2.69. The molecule has 1 aromatic carbocycles. The van der Waals surface area contributed by atoms with Crippen LogP contribution in [0.2, 0.25) is 0 Å². The number of benzene rings is 1. The largest absolute Gasteiger partial charge is 0.464 e. The number of aromatic nitrogens is 1. The maximum Gasteiger partial charge on any atom is 0.134 e. The highest BCUT2D eigenvalue weighted by molar-refractivity contribution is 7.09. The first-order chi connectivity index (χ1) is 8.74. The third-order valence-corrected chi connectivity index (χ3v) is 3.76. The minimum Gasteiger partial charge on any atom is -0.464 e. The van der Waals surface area contributed by atoms with Crippen LogP contribution in [-0.4, -0.2) is 10.1 Å². The Kier molecular flexibility index (Phi) is 2.89. The van der Waals surface area contributed by atoms with E-state index < -0.39 is 6.10 Å². The lowest BCUT2D eigenvalue weighted by Crippen LogP contribution is -2.01. The van der Waals surface area contributed by atoms with Gasteiger partial charge in [0, 0.05) is 22.8 Å². The number of aryl methyl sites for hydroxylation is 1. The smallest absolute Gasteiger partial charge is 0.134 e. The second kappa shape index (κ2) is 4.55. The van der Waals surface area contributed by atoms with Crippen LogP contribution in [0.5, 0.6) is 0 Å². The molecule has 3 aromatic rings. The van der Waals surface area contributed by atoms with Gasteiger partial charge in [-0.05, 0) is 13.0 Å². The van der Waals surface area contributed by atoms with Gasteiger partial charge in [0.25, 0.3) is 0 Å². The lowest BCUT2D eigenvalue weighted by molar-refractivity contribution is 0.178. The highest BCUT2D eigenvalue weighted by Gasteiger charge is 2.15. The van der Waals surface area contributed by atoms with Crippen molar-refractivity contribution in [3.05, 3.63) is 52.2 Å². The number of rotatable bonds is 3. The summed E-state index contributed by atoms with van der Waals surface area (Å²) in [5.74, 6) is 0. The van der Waals surface area contributed by atoms with Crippen LogP contribution in [0, 0.1) is 6.92 Å². The number of hydrogen-bond donors (Lipinski definition) is 1. The van der Waals surface area contributed by atoms with Crippen molar-refractivity contribution in [3.8, 4) is 0 Å². The van der Waals surface area contributed by atoms with E-state index in [1.165, 1.54) is 0 Å². The van der Waals surface area contributed by atoms with Crippen molar-refractivity contribution in [2.45, 2.75) is 19.4 Å². The molecule has 0 fully saturated rings. The van der Waals surface area contributed by atoms with Gasteiger partial charge in [-0.3, -0.25) is 0 Å². The van der Waals surface area contributed by atoms with Crippen molar-refractivity contribution in [2.24, 2.45) is 0 Å². The number of thiazole rings is 1. The molecule has 0 saturated carbocycles. The SMILES string of the molecule is Cc1nc(CC(O)c2coc3ccccc23)cs1. The van der Waals surface area contributed by atoms with Gasteiger partial charge in [0.2, 0.25) is 0 Å². The van der Waals surface area contributed by atoms with Crippen LogP contribution in [0.25, 0.3) is 11.0 Å². The molecule has 1 unspecified atom stereocenters. The highest BCUT2D eigenvalue weighted by atomic mass is 32.1. The van der Waals surface area contributed by atoms with Gasteiger partial charge in [-0.1, -0.05) is 18.2 Å². The molecule has 1 atom stereocenters. The minimum absolute atomic E-state index is 0.522. The van der Waals surface area contributed by atoms with Crippen molar-refractivity contribution in [2.75, 3.05) is 0 Å². The molecule has 4 heteroatoms. The highest BCUT2D eigenvalue weighted by Crippen LogP contribution is 2.28. The molecule has 2 heterocycles. The predicted molar refractivity (Wildman–Crippen MR) is 71.7 cm³/mol. The molecule has 0 bridgehead atoms. The Morgan fingerprint density at radius 1 is 1.39 bits per heavy atom. The van der Waals surface area contributed by atoms with Crippen molar-refractivity contribution < 1.29 is 9.52 Å². The molecule has 1 N–H and O–H groups in total. The average Bonchev–Trinajstić information content (AvgIpc) is 2.95. The Morgan fingerprint density at radius 3 is 3.00 bits per heavy atom. The lowest BCUT2D eigenvalue weighted by Gasteiger charge is -2.06. The standard InChI is InChI=1S/C14H13NO2S/c1-9-15-10(8-18-9)6-13(16)12-7-17-14-5-3-2-4-11(12)14/h2-5,7-8,13,16H,6H2,1H3. The lowest BCUT2D eigenvalue weighted by atomic mass is 10.0. The maximum atomic E-state index is 10.3. The third-order valence-electron chi connectivity index (χ3n) is 2.94. The molecule has 0 radical (unpaired) electrons. The molecule has 0 aliphatic rings. The van der Waals surface area contributed by atoms with Crippen molar-refractivity contribution in [3.63, 3.8) is 0 Å². The first kappa shape index (κ1) is 11.4. The summed E-state index contributed by atoms with van der Waals surface area (Å²) >= 11 is 1.60. The van der Waals surface area contributed by atoms with E-state index in [2.05, 4.69) is 4.98 Å². The quantitative estimate of drug-likeness (QED) is 0.783. The van der Waals surface area contributed by atoms with E-state index in [4.69, 9.17) is 4.42 Å². The summed E-state index contributed by atoms with van der Waals surface area (Å²) in [6.45, 7) is 1.97. The number of hydrogen-bond acceptors (Lipinski definition) is 4. The number of aliphatic hydroxyl groups excluding tert-OH is 1. The van der Waals surface area contributed by atoms with Crippen LogP contribution in [-0.2, 0) is 6.42 Å². The second-order valence-electron chi connectivity index (χ2n) is 4.26. The van der Waals surface area contributed by atoms with E-state index in [9.17, 15) is 5.11 Å². The number of nitrogens with zero attached hydrogens (tertiary/aromatic N) is 1. The van der Waals surface area contributed by atoms with Gasteiger partial charge in [-0.2, -0.15) is 0 Å².